The fraction of sp³-hybridized carbons (Fsp3) is 0.111. The van der Waals surface area contributed by atoms with Crippen LogP contribution in [0.4, 0.5) is 0 Å². The lowest BCUT2D eigenvalue weighted by atomic mass is 10.5. The van der Waals surface area contributed by atoms with Gasteiger partial charge in [-0.3, -0.25) is 4.79 Å². The first-order chi connectivity index (χ1) is 7.29. The van der Waals surface area contributed by atoms with Crippen LogP contribution in [0.25, 0.3) is 0 Å². The number of carbonyl (C=O) groups excluding carboxylic acids is 2. The smallest absolute Gasteiger partial charge is 0.338 e. The molecule has 0 atom stereocenters. The summed E-state index contributed by atoms with van der Waals surface area (Å²) in [4.78, 5) is 39.5. The molecule has 0 fully saturated rings. The summed E-state index contributed by atoms with van der Waals surface area (Å²) in [6, 6.07) is 0. The molecule has 7 heteroatoms. The molecular weight excluding hydrogens is 220 g/mol. The van der Waals surface area contributed by atoms with Gasteiger partial charge < -0.3 is 14.9 Å². The predicted molar refractivity (Wildman–Crippen MR) is 51.4 cm³/mol. The van der Waals surface area contributed by atoms with Crippen molar-refractivity contribution in [1.82, 2.24) is 0 Å². The number of hydrogen-bond acceptors (Lipinski definition) is 5. The summed E-state index contributed by atoms with van der Waals surface area (Å²) >= 11 is 0. The first-order valence-corrected chi connectivity index (χ1v) is 3.78. The summed E-state index contributed by atoms with van der Waals surface area (Å²) < 4.78 is 3.97. The van der Waals surface area contributed by atoms with Gasteiger partial charge in [-0.25, -0.2) is 14.4 Å². The topological polar surface area (TPSA) is 118 Å². The van der Waals surface area contributed by atoms with Crippen molar-refractivity contribution in [2.75, 3.05) is 0 Å². The Kier molecular flexibility index (Phi) is 9.13. The van der Waals surface area contributed by atoms with Gasteiger partial charge in [0.2, 0.25) is 0 Å². The highest BCUT2D eigenvalue weighted by Crippen LogP contribution is 1.82. The van der Waals surface area contributed by atoms with Crippen molar-refractivity contribution in [3.8, 4) is 0 Å². The van der Waals surface area contributed by atoms with Crippen LogP contribution in [0, 0.1) is 0 Å². The molecule has 0 aliphatic rings. The largest absolute Gasteiger partial charge is 0.478 e. The van der Waals surface area contributed by atoms with E-state index >= 15 is 0 Å². The first-order valence-electron chi connectivity index (χ1n) is 3.78. The SMILES string of the molecule is C=CC(=O)O.CC(=O)OC(=O)/C=C\C(=O)O. The Morgan fingerprint density at radius 1 is 1.06 bits per heavy atom. The van der Waals surface area contributed by atoms with Crippen LogP contribution in [-0.4, -0.2) is 34.1 Å². The van der Waals surface area contributed by atoms with Gasteiger partial charge in [-0.15, -0.1) is 0 Å². The number of ether oxygens (including phenoxy) is 1. The molecule has 0 spiro atoms. The predicted octanol–water partition coefficient (Wildman–Crippen LogP) is -0.0261. The molecule has 0 aliphatic carbocycles. The lowest BCUT2D eigenvalue weighted by Gasteiger charge is -1.90. The Hall–Kier alpha value is -2.44. The fourth-order valence-corrected chi connectivity index (χ4v) is 0.315. The van der Waals surface area contributed by atoms with E-state index in [1.165, 1.54) is 0 Å². The third kappa shape index (κ3) is 17.6. The first kappa shape index (κ1) is 16.0. The lowest BCUT2D eigenvalue weighted by molar-refractivity contribution is -0.154. The zero-order valence-electron chi connectivity index (χ0n) is 8.37. The van der Waals surface area contributed by atoms with E-state index in [4.69, 9.17) is 10.2 Å². The summed E-state index contributed by atoms with van der Waals surface area (Å²) in [6.45, 7) is 4.01. The minimum Gasteiger partial charge on any atom is -0.478 e. The minimum atomic E-state index is -1.27. The minimum absolute atomic E-state index is 0.589. The van der Waals surface area contributed by atoms with Gasteiger partial charge in [-0.2, -0.15) is 0 Å². The van der Waals surface area contributed by atoms with E-state index in [1.807, 2.05) is 0 Å². The van der Waals surface area contributed by atoms with Crippen LogP contribution in [0.15, 0.2) is 24.8 Å². The maximum atomic E-state index is 10.4. The molecule has 2 N–H and O–H groups in total. The molecule has 0 unspecified atom stereocenters. The second-order valence-corrected chi connectivity index (χ2v) is 2.13. The van der Waals surface area contributed by atoms with Crippen molar-refractivity contribution in [2.45, 2.75) is 6.92 Å². The van der Waals surface area contributed by atoms with E-state index in [9.17, 15) is 19.2 Å². The molecule has 0 aromatic heterocycles. The molecule has 0 bridgehead atoms. The van der Waals surface area contributed by atoms with Gasteiger partial charge in [-0.1, -0.05) is 6.58 Å². The van der Waals surface area contributed by atoms with Crippen molar-refractivity contribution in [1.29, 1.82) is 0 Å². The van der Waals surface area contributed by atoms with E-state index in [1.54, 1.807) is 0 Å². The molecular formula is C9H10O7. The molecule has 0 heterocycles. The Morgan fingerprint density at radius 3 is 1.75 bits per heavy atom. The van der Waals surface area contributed by atoms with E-state index in [-0.39, 0.29) is 0 Å². The molecule has 0 aliphatic heterocycles. The zero-order chi connectivity index (χ0) is 13.1. The molecule has 88 valence electrons. The van der Waals surface area contributed by atoms with Gasteiger partial charge >= 0.3 is 23.9 Å². The summed E-state index contributed by atoms with van der Waals surface area (Å²) in [7, 11) is 0. The van der Waals surface area contributed by atoms with Gasteiger partial charge in [0, 0.05) is 25.2 Å². The lowest BCUT2D eigenvalue weighted by Crippen LogP contribution is -2.06. The average Bonchev–Trinajstić information content (AvgIpc) is 2.14. The van der Waals surface area contributed by atoms with Crippen molar-refractivity contribution < 1.29 is 34.1 Å². The van der Waals surface area contributed by atoms with Crippen LogP contribution in [0.1, 0.15) is 6.92 Å². The molecule has 0 aromatic carbocycles. The third-order valence-corrected chi connectivity index (χ3v) is 0.781. The number of rotatable bonds is 3. The molecule has 7 nitrogen and oxygen atoms in total. The van der Waals surface area contributed by atoms with Gasteiger partial charge in [0.05, 0.1) is 0 Å². The highest BCUT2D eigenvalue weighted by atomic mass is 16.6. The van der Waals surface area contributed by atoms with Gasteiger partial charge in [-0.05, 0) is 0 Å². The van der Waals surface area contributed by atoms with E-state index in [0.29, 0.717) is 12.2 Å². The van der Waals surface area contributed by atoms with Crippen LogP contribution in [0.5, 0.6) is 0 Å². The van der Waals surface area contributed by atoms with Crippen LogP contribution >= 0.6 is 0 Å². The van der Waals surface area contributed by atoms with Crippen LogP contribution in [0.3, 0.4) is 0 Å². The summed E-state index contributed by atoms with van der Waals surface area (Å²) in [6.07, 6.45) is 2.08. The Bertz CT molecular complexity index is 327. The second-order valence-electron chi connectivity index (χ2n) is 2.13. The van der Waals surface area contributed by atoms with Crippen molar-refractivity contribution in [3.63, 3.8) is 0 Å². The van der Waals surface area contributed by atoms with Gasteiger partial charge in [0.25, 0.3) is 0 Å². The van der Waals surface area contributed by atoms with E-state index < -0.39 is 23.9 Å². The molecule has 0 amide bonds. The molecule has 0 saturated carbocycles. The summed E-state index contributed by atoms with van der Waals surface area (Å²) in [5.41, 5.74) is 0. The quantitative estimate of drug-likeness (QED) is 0.397. The average molecular weight is 230 g/mol. The molecule has 0 saturated heterocycles. The van der Waals surface area contributed by atoms with Gasteiger partial charge in [0.1, 0.15) is 0 Å². The maximum absolute atomic E-state index is 10.4. The van der Waals surface area contributed by atoms with Crippen molar-refractivity contribution in [2.24, 2.45) is 0 Å². The highest BCUT2D eigenvalue weighted by Gasteiger charge is 2.00. The monoisotopic (exact) mass is 230 g/mol. The number of esters is 2. The number of carboxylic acid groups (broad SMARTS) is 2. The fourth-order valence-electron chi connectivity index (χ4n) is 0.315. The number of aliphatic carboxylic acids is 2. The summed E-state index contributed by atoms with van der Waals surface area (Å²) in [5, 5.41) is 15.6. The van der Waals surface area contributed by atoms with Crippen LogP contribution in [0.2, 0.25) is 0 Å². The number of hydrogen-bond donors (Lipinski definition) is 2. The normalized spacial score (nSPS) is 8.56. The maximum Gasteiger partial charge on any atom is 0.338 e. The molecule has 16 heavy (non-hydrogen) atoms. The number of carbonyl (C=O) groups is 4. The van der Waals surface area contributed by atoms with Crippen molar-refractivity contribution >= 4 is 23.9 Å². The standard InChI is InChI=1S/C6H6O5.C3H4O2/c1-4(7)11-6(10)3-2-5(8)9;1-2-3(4)5/h2-3H,1H3,(H,8,9);2H,1H2,(H,4,5)/b3-2-;. The van der Waals surface area contributed by atoms with E-state index in [2.05, 4.69) is 11.3 Å². The second kappa shape index (κ2) is 9.13. The van der Waals surface area contributed by atoms with Crippen LogP contribution < -0.4 is 0 Å². The third-order valence-electron chi connectivity index (χ3n) is 0.781. The summed E-state index contributed by atoms with van der Waals surface area (Å²) in [5.74, 6) is -4.01. The Balaban J connectivity index is 0. The highest BCUT2D eigenvalue weighted by molar-refractivity contribution is 5.95. The van der Waals surface area contributed by atoms with Gasteiger partial charge in [0.15, 0.2) is 0 Å². The zero-order valence-corrected chi connectivity index (χ0v) is 8.37. The molecule has 0 rings (SSSR count). The van der Waals surface area contributed by atoms with Crippen molar-refractivity contribution in [3.05, 3.63) is 24.8 Å². The Labute approximate surface area is 90.6 Å². The molecule has 0 aromatic rings. The van der Waals surface area contributed by atoms with E-state index in [0.717, 1.165) is 13.0 Å². The molecule has 0 radical (unpaired) electrons. The Morgan fingerprint density at radius 2 is 1.50 bits per heavy atom. The van der Waals surface area contributed by atoms with Crippen LogP contribution in [-0.2, 0) is 23.9 Å². The number of carboxylic acids is 2.